The molecule has 2 rings (SSSR count). The van der Waals surface area contributed by atoms with E-state index in [4.69, 9.17) is 0 Å². The van der Waals surface area contributed by atoms with Crippen LogP contribution in [0.1, 0.15) is 17.3 Å². The summed E-state index contributed by atoms with van der Waals surface area (Å²) in [5.74, 6) is 0.0972. The Kier molecular flexibility index (Phi) is 2.22. The molecule has 0 aliphatic carbocycles. The van der Waals surface area contributed by atoms with Gasteiger partial charge in [-0.1, -0.05) is 0 Å². The van der Waals surface area contributed by atoms with E-state index in [9.17, 15) is 4.79 Å². The molecule has 0 atom stereocenters. The van der Waals surface area contributed by atoms with Crippen LogP contribution in [0, 0.1) is 0 Å². The molecule has 2 aromatic rings. The van der Waals surface area contributed by atoms with Gasteiger partial charge in [0.15, 0.2) is 5.78 Å². The van der Waals surface area contributed by atoms with E-state index in [-0.39, 0.29) is 5.78 Å². The molecule has 0 aliphatic rings. The number of thiophene rings is 1. The molecule has 1 aromatic heterocycles. The van der Waals surface area contributed by atoms with E-state index in [1.807, 2.05) is 23.6 Å². The van der Waals surface area contributed by atoms with Crippen LogP contribution < -0.4 is 0 Å². The van der Waals surface area contributed by atoms with Crippen molar-refractivity contribution in [1.29, 1.82) is 0 Å². The van der Waals surface area contributed by atoms with Gasteiger partial charge in [-0.25, -0.2) is 0 Å². The van der Waals surface area contributed by atoms with Gasteiger partial charge in [0, 0.05) is 20.1 Å². The number of carbonyl (C=O) groups is 1. The van der Waals surface area contributed by atoms with E-state index in [2.05, 4.69) is 15.9 Å². The smallest absolute Gasteiger partial charge is 0.160 e. The molecule has 1 heterocycles. The normalized spacial score (nSPS) is 10.6. The zero-order valence-corrected chi connectivity index (χ0v) is 9.41. The predicted molar refractivity (Wildman–Crippen MR) is 59.5 cm³/mol. The van der Waals surface area contributed by atoms with Gasteiger partial charge in [0.05, 0.1) is 0 Å². The average molecular weight is 255 g/mol. The molecule has 0 radical (unpaired) electrons. The summed E-state index contributed by atoms with van der Waals surface area (Å²) >= 11 is 5.13. The van der Waals surface area contributed by atoms with Crippen molar-refractivity contribution in [2.24, 2.45) is 0 Å². The van der Waals surface area contributed by atoms with E-state index in [1.54, 1.807) is 18.3 Å². The first-order chi connectivity index (χ1) is 6.20. The highest BCUT2D eigenvalue weighted by Crippen LogP contribution is 2.31. The van der Waals surface area contributed by atoms with Crippen LogP contribution in [0.4, 0.5) is 0 Å². The van der Waals surface area contributed by atoms with Crippen LogP contribution in [0.25, 0.3) is 10.1 Å². The number of hydrogen-bond acceptors (Lipinski definition) is 2. The van der Waals surface area contributed by atoms with Gasteiger partial charge in [0.1, 0.15) is 0 Å². The lowest BCUT2D eigenvalue weighted by Crippen LogP contribution is -1.92. The minimum atomic E-state index is 0.0972. The molecular weight excluding hydrogens is 248 g/mol. The Balaban J connectivity index is 2.80. The van der Waals surface area contributed by atoms with Crippen LogP contribution in [-0.2, 0) is 0 Å². The molecule has 1 nitrogen and oxygen atoms in total. The number of hydrogen-bond donors (Lipinski definition) is 0. The van der Waals surface area contributed by atoms with Gasteiger partial charge in [-0.05, 0) is 46.4 Å². The molecular formula is C10H7BrOS. The Morgan fingerprint density at radius 1 is 1.38 bits per heavy atom. The molecule has 0 fully saturated rings. The van der Waals surface area contributed by atoms with Crippen LogP contribution in [0.3, 0.4) is 0 Å². The van der Waals surface area contributed by atoms with Gasteiger partial charge in [0.2, 0.25) is 0 Å². The first-order valence-electron chi connectivity index (χ1n) is 3.87. The van der Waals surface area contributed by atoms with Gasteiger partial charge in [0.25, 0.3) is 0 Å². The van der Waals surface area contributed by atoms with Crippen LogP contribution in [0.15, 0.2) is 28.1 Å². The molecule has 0 saturated carbocycles. The molecule has 13 heavy (non-hydrogen) atoms. The van der Waals surface area contributed by atoms with E-state index in [0.717, 1.165) is 15.4 Å². The fourth-order valence-corrected chi connectivity index (χ4v) is 2.96. The fraction of sp³-hybridized carbons (Fsp3) is 0.100. The maximum absolute atomic E-state index is 11.2. The summed E-state index contributed by atoms with van der Waals surface area (Å²) in [6, 6.07) is 5.88. The third-order valence-electron chi connectivity index (χ3n) is 1.95. The Labute approximate surface area is 88.5 Å². The van der Waals surface area contributed by atoms with E-state index in [1.165, 1.54) is 4.70 Å². The van der Waals surface area contributed by atoms with Crippen molar-refractivity contribution < 1.29 is 4.79 Å². The number of rotatable bonds is 1. The number of ketones is 1. The average Bonchev–Trinajstić information content (AvgIpc) is 2.52. The zero-order chi connectivity index (χ0) is 9.42. The third-order valence-corrected chi connectivity index (χ3v) is 3.69. The first-order valence-corrected chi connectivity index (χ1v) is 5.54. The van der Waals surface area contributed by atoms with Gasteiger partial charge >= 0.3 is 0 Å². The lowest BCUT2D eigenvalue weighted by Gasteiger charge is -2.00. The number of benzene rings is 1. The minimum Gasteiger partial charge on any atom is -0.294 e. The largest absolute Gasteiger partial charge is 0.294 e. The Bertz CT molecular complexity index is 473. The molecule has 0 unspecified atom stereocenters. The summed E-state index contributed by atoms with van der Waals surface area (Å²) in [7, 11) is 0. The summed E-state index contributed by atoms with van der Waals surface area (Å²) in [5, 5.41) is 3.15. The number of Topliss-reactive ketones (excluding diaryl/α,β-unsaturated/α-hetero) is 1. The van der Waals surface area contributed by atoms with Crippen LogP contribution in [-0.4, -0.2) is 5.78 Å². The zero-order valence-electron chi connectivity index (χ0n) is 7.00. The topological polar surface area (TPSA) is 17.1 Å². The van der Waals surface area contributed by atoms with Crippen molar-refractivity contribution in [1.82, 2.24) is 0 Å². The molecule has 3 heteroatoms. The van der Waals surface area contributed by atoms with Gasteiger partial charge < -0.3 is 0 Å². The molecule has 0 saturated heterocycles. The van der Waals surface area contributed by atoms with E-state index in [0.29, 0.717) is 0 Å². The summed E-state index contributed by atoms with van der Waals surface area (Å²) in [5.41, 5.74) is 0.755. The molecule has 1 aromatic carbocycles. The Morgan fingerprint density at radius 3 is 2.85 bits per heavy atom. The molecule has 0 amide bonds. The minimum absolute atomic E-state index is 0.0972. The van der Waals surface area contributed by atoms with Crippen molar-refractivity contribution in [3.63, 3.8) is 0 Å². The van der Waals surface area contributed by atoms with Crippen LogP contribution in [0.2, 0.25) is 0 Å². The highest BCUT2D eigenvalue weighted by molar-refractivity contribution is 9.10. The maximum atomic E-state index is 11.2. The summed E-state index contributed by atoms with van der Waals surface area (Å²) < 4.78 is 2.12. The molecule has 0 spiro atoms. The molecule has 0 bridgehead atoms. The number of carbonyl (C=O) groups excluding carboxylic acids is 1. The molecule has 0 aliphatic heterocycles. The second kappa shape index (κ2) is 3.24. The summed E-state index contributed by atoms with van der Waals surface area (Å²) in [6.07, 6.45) is 0. The van der Waals surface area contributed by atoms with Crippen LogP contribution >= 0.6 is 27.3 Å². The Morgan fingerprint density at radius 2 is 2.15 bits per heavy atom. The lowest BCUT2D eigenvalue weighted by molar-refractivity contribution is 0.101. The van der Waals surface area contributed by atoms with Crippen molar-refractivity contribution in [3.05, 3.63) is 33.6 Å². The van der Waals surface area contributed by atoms with Crippen molar-refractivity contribution in [2.45, 2.75) is 6.92 Å². The van der Waals surface area contributed by atoms with Crippen molar-refractivity contribution in [3.8, 4) is 0 Å². The van der Waals surface area contributed by atoms with Crippen molar-refractivity contribution in [2.75, 3.05) is 0 Å². The van der Waals surface area contributed by atoms with Gasteiger partial charge in [-0.2, -0.15) is 0 Å². The Hall–Kier alpha value is -0.670. The second-order valence-corrected chi connectivity index (χ2v) is 4.56. The molecule has 66 valence electrons. The SMILES string of the molecule is CC(=O)c1ccc2sccc2c1Br. The van der Waals surface area contributed by atoms with Gasteiger partial charge in [-0.15, -0.1) is 11.3 Å². The lowest BCUT2D eigenvalue weighted by atomic mass is 10.1. The second-order valence-electron chi connectivity index (χ2n) is 2.82. The number of halogens is 1. The molecule has 0 N–H and O–H groups in total. The first kappa shape index (κ1) is 8.91. The van der Waals surface area contributed by atoms with E-state index < -0.39 is 0 Å². The summed E-state index contributed by atoms with van der Waals surface area (Å²) in [4.78, 5) is 11.2. The standard InChI is InChI=1S/C10H7BrOS/c1-6(12)7-2-3-9-8(10(7)11)4-5-13-9/h2-5H,1H3. The highest BCUT2D eigenvalue weighted by atomic mass is 79.9. The monoisotopic (exact) mass is 254 g/mol. The van der Waals surface area contributed by atoms with E-state index >= 15 is 0 Å². The summed E-state index contributed by atoms with van der Waals surface area (Å²) in [6.45, 7) is 1.58. The van der Waals surface area contributed by atoms with Crippen LogP contribution in [0.5, 0.6) is 0 Å². The third kappa shape index (κ3) is 1.42. The van der Waals surface area contributed by atoms with Gasteiger partial charge in [-0.3, -0.25) is 4.79 Å². The maximum Gasteiger partial charge on any atom is 0.160 e. The predicted octanol–water partition coefficient (Wildman–Crippen LogP) is 3.87. The number of fused-ring (bicyclic) bond motifs is 1. The van der Waals surface area contributed by atoms with Crippen molar-refractivity contribution >= 4 is 43.1 Å². The quantitative estimate of drug-likeness (QED) is 0.707. The highest BCUT2D eigenvalue weighted by Gasteiger charge is 2.08. The fourth-order valence-electron chi connectivity index (χ4n) is 1.28.